The van der Waals surface area contributed by atoms with E-state index in [9.17, 15) is 0 Å². The normalized spacial score (nSPS) is 26.3. The molecule has 0 N–H and O–H groups in total. The van der Waals surface area contributed by atoms with E-state index < -0.39 is 0 Å². The number of methoxy groups -OCH3 is 1. The van der Waals surface area contributed by atoms with E-state index in [1.54, 1.807) is 0 Å². The maximum Gasteiger partial charge on any atom is 0.0602 e. The summed E-state index contributed by atoms with van der Waals surface area (Å²) in [4.78, 5) is 0. The molecular weight excluding hydrogens is 196 g/mol. The van der Waals surface area contributed by atoms with Crippen LogP contribution in [0.5, 0.6) is 0 Å². The third-order valence-electron chi connectivity index (χ3n) is 3.73. The molecule has 1 aromatic rings. The summed E-state index contributed by atoms with van der Waals surface area (Å²) in [5.41, 5.74) is 1.46. The highest BCUT2D eigenvalue weighted by Crippen LogP contribution is 2.28. The van der Waals surface area contributed by atoms with Crippen LogP contribution in [-0.4, -0.2) is 13.2 Å². The lowest BCUT2D eigenvalue weighted by atomic mass is 9.90. The number of ether oxygens (including phenoxy) is 1. The third-order valence-corrected chi connectivity index (χ3v) is 3.73. The Bertz CT molecular complexity index is 294. The van der Waals surface area contributed by atoms with Gasteiger partial charge in [-0.2, -0.15) is 0 Å². The van der Waals surface area contributed by atoms with Crippen LogP contribution in [0.4, 0.5) is 0 Å². The molecule has 0 bridgehead atoms. The van der Waals surface area contributed by atoms with Crippen LogP contribution in [0.2, 0.25) is 0 Å². The largest absolute Gasteiger partial charge is 0.381 e. The first-order chi connectivity index (χ1) is 7.90. The monoisotopic (exact) mass is 218 g/mol. The van der Waals surface area contributed by atoms with E-state index in [1.807, 2.05) is 7.11 Å². The zero-order chi connectivity index (χ0) is 11.2. The highest BCUT2D eigenvalue weighted by atomic mass is 16.5. The van der Waals surface area contributed by atoms with Crippen LogP contribution >= 0.6 is 0 Å². The molecule has 0 aromatic heterocycles. The summed E-state index contributed by atoms with van der Waals surface area (Å²) < 4.78 is 5.66. The fraction of sp³-hybridized carbons (Fsp3) is 0.600. The van der Waals surface area contributed by atoms with E-state index in [-0.39, 0.29) is 0 Å². The molecule has 0 saturated heterocycles. The van der Waals surface area contributed by atoms with Gasteiger partial charge in [0.05, 0.1) is 6.10 Å². The molecule has 0 radical (unpaired) electrons. The second-order valence-corrected chi connectivity index (χ2v) is 4.86. The lowest BCUT2D eigenvalue weighted by molar-refractivity contribution is 0.0469. The quantitative estimate of drug-likeness (QED) is 0.701. The van der Waals surface area contributed by atoms with Crippen molar-refractivity contribution < 1.29 is 4.74 Å². The van der Waals surface area contributed by atoms with Gasteiger partial charge in [0.2, 0.25) is 0 Å². The van der Waals surface area contributed by atoms with Gasteiger partial charge in [0.1, 0.15) is 0 Å². The van der Waals surface area contributed by atoms with Gasteiger partial charge >= 0.3 is 0 Å². The Hall–Kier alpha value is -0.820. The highest BCUT2D eigenvalue weighted by Gasteiger charge is 2.23. The number of hydrogen-bond donors (Lipinski definition) is 0. The van der Waals surface area contributed by atoms with Crippen LogP contribution in [0, 0.1) is 5.92 Å². The minimum Gasteiger partial charge on any atom is -0.381 e. The lowest BCUT2D eigenvalue weighted by Gasteiger charge is -2.23. The molecule has 0 heterocycles. The van der Waals surface area contributed by atoms with Gasteiger partial charge in [-0.25, -0.2) is 0 Å². The van der Waals surface area contributed by atoms with E-state index in [0.717, 1.165) is 5.92 Å². The van der Waals surface area contributed by atoms with Gasteiger partial charge in [-0.05, 0) is 30.7 Å². The molecule has 1 aliphatic rings. The fourth-order valence-electron chi connectivity index (χ4n) is 2.81. The average Bonchev–Trinajstić information content (AvgIpc) is 2.55. The van der Waals surface area contributed by atoms with Crippen LogP contribution < -0.4 is 0 Å². The molecule has 1 nitrogen and oxygen atoms in total. The first-order valence-corrected chi connectivity index (χ1v) is 6.47. The third kappa shape index (κ3) is 3.08. The second-order valence-electron chi connectivity index (χ2n) is 4.86. The highest BCUT2D eigenvalue weighted by molar-refractivity contribution is 5.15. The molecular formula is C15H22O. The summed E-state index contributed by atoms with van der Waals surface area (Å²) in [7, 11) is 1.87. The van der Waals surface area contributed by atoms with Crippen molar-refractivity contribution >= 4 is 0 Å². The molecule has 0 amide bonds. The van der Waals surface area contributed by atoms with E-state index in [4.69, 9.17) is 4.74 Å². The van der Waals surface area contributed by atoms with Crippen molar-refractivity contribution in [2.75, 3.05) is 7.11 Å². The van der Waals surface area contributed by atoms with Crippen LogP contribution in [0.1, 0.15) is 37.7 Å². The zero-order valence-corrected chi connectivity index (χ0v) is 10.2. The van der Waals surface area contributed by atoms with Crippen molar-refractivity contribution in [1.82, 2.24) is 0 Å². The Morgan fingerprint density at radius 3 is 2.56 bits per heavy atom. The molecule has 1 saturated carbocycles. The standard InChI is InChI=1S/C15H22O/c1-16-15-11-7-3-6-10-14(15)12-13-8-4-2-5-9-13/h2,4-5,8-9,14-15H,3,6-7,10-12H2,1H3/t14-,15+/m0/s1. The Labute approximate surface area is 98.8 Å². The Kier molecular flexibility index (Phi) is 4.41. The Morgan fingerprint density at radius 2 is 1.81 bits per heavy atom. The molecule has 0 aliphatic heterocycles. The molecule has 1 aromatic carbocycles. The summed E-state index contributed by atoms with van der Waals surface area (Å²) in [5, 5.41) is 0. The van der Waals surface area contributed by atoms with Crippen LogP contribution in [0.3, 0.4) is 0 Å². The van der Waals surface area contributed by atoms with Gasteiger partial charge in [0, 0.05) is 7.11 Å². The fourth-order valence-corrected chi connectivity index (χ4v) is 2.81. The van der Waals surface area contributed by atoms with Gasteiger partial charge in [-0.3, -0.25) is 0 Å². The van der Waals surface area contributed by atoms with E-state index in [0.29, 0.717) is 6.10 Å². The molecule has 0 unspecified atom stereocenters. The summed E-state index contributed by atoms with van der Waals surface area (Å²) in [6.45, 7) is 0. The van der Waals surface area contributed by atoms with Crippen molar-refractivity contribution in [1.29, 1.82) is 0 Å². The van der Waals surface area contributed by atoms with Crippen molar-refractivity contribution in [2.45, 2.75) is 44.6 Å². The minimum absolute atomic E-state index is 0.475. The maximum atomic E-state index is 5.66. The van der Waals surface area contributed by atoms with E-state index in [1.165, 1.54) is 44.1 Å². The maximum absolute atomic E-state index is 5.66. The van der Waals surface area contributed by atoms with Gasteiger partial charge in [0.15, 0.2) is 0 Å². The van der Waals surface area contributed by atoms with Gasteiger partial charge < -0.3 is 4.74 Å². The SMILES string of the molecule is CO[C@@H]1CCCCC[C@H]1Cc1ccccc1. The van der Waals surface area contributed by atoms with Gasteiger partial charge in [-0.1, -0.05) is 49.6 Å². The summed E-state index contributed by atoms with van der Waals surface area (Å²) in [6, 6.07) is 10.8. The topological polar surface area (TPSA) is 9.23 Å². The molecule has 1 aliphatic carbocycles. The van der Waals surface area contributed by atoms with Crippen molar-refractivity contribution in [3.8, 4) is 0 Å². The van der Waals surface area contributed by atoms with Gasteiger partial charge in [0.25, 0.3) is 0 Å². The van der Waals surface area contributed by atoms with E-state index >= 15 is 0 Å². The molecule has 0 spiro atoms. The second kappa shape index (κ2) is 6.05. The number of benzene rings is 1. The molecule has 1 fully saturated rings. The summed E-state index contributed by atoms with van der Waals surface area (Å²) in [5.74, 6) is 0.717. The Morgan fingerprint density at radius 1 is 1.06 bits per heavy atom. The average molecular weight is 218 g/mol. The number of hydrogen-bond acceptors (Lipinski definition) is 1. The minimum atomic E-state index is 0.475. The van der Waals surface area contributed by atoms with Crippen molar-refractivity contribution in [3.63, 3.8) is 0 Å². The predicted molar refractivity (Wildman–Crippen MR) is 67.5 cm³/mol. The van der Waals surface area contributed by atoms with E-state index in [2.05, 4.69) is 30.3 Å². The lowest BCUT2D eigenvalue weighted by Crippen LogP contribution is -2.23. The zero-order valence-electron chi connectivity index (χ0n) is 10.2. The predicted octanol–water partition coefficient (Wildman–Crippen LogP) is 3.82. The smallest absolute Gasteiger partial charge is 0.0602 e. The van der Waals surface area contributed by atoms with Crippen LogP contribution in [-0.2, 0) is 11.2 Å². The molecule has 88 valence electrons. The first-order valence-electron chi connectivity index (χ1n) is 6.47. The van der Waals surface area contributed by atoms with Crippen LogP contribution in [0.25, 0.3) is 0 Å². The summed E-state index contributed by atoms with van der Waals surface area (Å²) in [6.07, 6.45) is 8.32. The van der Waals surface area contributed by atoms with Crippen molar-refractivity contribution in [2.24, 2.45) is 5.92 Å². The Balaban J connectivity index is 2.00. The molecule has 2 rings (SSSR count). The molecule has 1 heteroatoms. The van der Waals surface area contributed by atoms with Crippen molar-refractivity contribution in [3.05, 3.63) is 35.9 Å². The molecule has 16 heavy (non-hydrogen) atoms. The van der Waals surface area contributed by atoms with Gasteiger partial charge in [-0.15, -0.1) is 0 Å². The summed E-state index contributed by atoms with van der Waals surface area (Å²) >= 11 is 0. The van der Waals surface area contributed by atoms with Crippen LogP contribution in [0.15, 0.2) is 30.3 Å². The number of rotatable bonds is 3. The first kappa shape index (κ1) is 11.7. The molecule has 2 atom stereocenters.